The summed E-state index contributed by atoms with van der Waals surface area (Å²) in [6, 6.07) is 9.03. The van der Waals surface area contributed by atoms with E-state index in [1.807, 2.05) is 23.2 Å². The first-order chi connectivity index (χ1) is 9.15. The third-order valence-corrected chi connectivity index (χ3v) is 4.08. The Morgan fingerprint density at radius 2 is 1.95 bits per heavy atom. The van der Waals surface area contributed by atoms with Crippen molar-refractivity contribution in [3.05, 3.63) is 57.8 Å². The van der Waals surface area contributed by atoms with Crippen molar-refractivity contribution in [2.24, 2.45) is 0 Å². The summed E-state index contributed by atoms with van der Waals surface area (Å²) in [5.41, 5.74) is 1.73. The fourth-order valence-electron chi connectivity index (χ4n) is 2.30. The molecular weight excluding hydrogens is 283 g/mol. The number of fused-ring (bicyclic) bond motifs is 1. The van der Waals surface area contributed by atoms with Crippen molar-refractivity contribution >= 4 is 29.1 Å². The Balaban J connectivity index is 1.83. The van der Waals surface area contributed by atoms with E-state index in [2.05, 4.69) is 4.57 Å². The summed E-state index contributed by atoms with van der Waals surface area (Å²) in [5, 5.41) is 0.874. The summed E-state index contributed by atoms with van der Waals surface area (Å²) in [7, 11) is 0. The Morgan fingerprint density at radius 3 is 2.74 bits per heavy atom. The number of carbonyl (C=O) groups is 1. The van der Waals surface area contributed by atoms with E-state index >= 15 is 0 Å². The minimum atomic E-state index is -0.00832. The number of benzene rings is 1. The molecule has 0 fully saturated rings. The number of nitrogens with zero attached hydrogens (tertiary/aromatic N) is 2. The van der Waals surface area contributed by atoms with E-state index in [-0.39, 0.29) is 5.91 Å². The lowest BCUT2D eigenvalue weighted by Crippen LogP contribution is -2.37. The molecule has 3 rings (SSSR count). The lowest BCUT2D eigenvalue weighted by atomic mass is 10.2. The van der Waals surface area contributed by atoms with E-state index < -0.39 is 0 Å². The molecule has 5 heteroatoms. The topological polar surface area (TPSA) is 25.2 Å². The second-order valence-corrected chi connectivity index (χ2v) is 5.36. The second kappa shape index (κ2) is 4.91. The molecule has 0 saturated carbocycles. The van der Waals surface area contributed by atoms with Gasteiger partial charge >= 0.3 is 0 Å². The first-order valence-corrected chi connectivity index (χ1v) is 6.79. The molecule has 0 spiro atoms. The van der Waals surface area contributed by atoms with Crippen LogP contribution >= 0.6 is 23.2 Å². The standard InChI is InChI=1S/C14H12Cl2N2O/c15-12-4-3-10(8-13(12)16)14(19)18-7-6-17-5-1-2-11(17)9-18/h1-5,8H,6-7,9H2. The van der Waals surface area contributed by atoms with Gasteiger partial charge in [-0.15, -0.1) is 0 Å². The average molecular weight is 295 g/mol. The molecule has 0 unspecified atom stereocenters. The van der Waals surface area contributed by atoms with E-state index in [4.69, 9.17) is 23.2 Å². The van der Waals surface area contributed by atoms with Crippen molar-refractivity contribution in [1.82, 2.24) is 9.47 Å². The van der Waals surface area contributed by atoms with Crippen LogP contribution in [0.2, 0.25) is 10.0 Å². The van der Waals surface area contributed by atoms with Gasteiger partial charge in [-0.2, -0.15) is 0 Å². The Kier molecular flexibility index (Phi) is 3.25. The van der Waals surface area contributed by atoms with E-state index in [1.165, 1.54) is 0 Å². The van der Waals surface area contributed by atoms with Crippen LogP contribution in [0.3, 0.4) is 0 Å². The van der Waals surface area contributed by atoms with Crippen LogP contribution in [0.25, 0.3) is 0 Å². The van der Waals surface area contributed by atoms with Crippen molar-refractivity contribution in [1.29, 1.82) is 0 Å². The van der Waals surface area contributed by atoms with Gasteiger partial charge < -0.3 is 9.47 Å². The Hall–Kier alpha value is -1.45. The van der Waals surface area contributed by atoms with Crippen molar-refractivity contribution < 1.29 is 4.79 Å². The van der Waals surface area contributed by atoms with Gasteiger partial charge in [-0.05, 0) is 30.3 Å². The first kappa shape index (κ1) is 12.6. The summed E-state index contributed by atoms with van der Waals surface area (Å²) in [6.45, 7) is 2.17. The monoisotopic (exact) mass is 294 g/mol. The third-order valence-electron chi connectivity index (χ3n) is 3.34. The molecule has 0 saturated heterocycles. The van der Waals surface area contributed by atoms with Crippen LogP contribution in [-0.4, -0.2) is 21.9 Å². The van der Waals surface area contributed by atoms with Gasteiger partial charge in [-0.3, -0.25) is 4.79 Å². The third kappa shape index (κ3) is 2.36. The lowest BCUT2D eigenvalue weighted by molar-refractivity contribution is 0.0711. The van der Waals surface area contributed by atoms with Gasteiger partial charge in [0.2, 0.25) is 0 Å². The van der Waals surface area contributed by atoms with Gasteiger partial charge in [0.25, 0.3) is 5.91 Å². The normalized spacial score (nSPS) is 14.3. The van der Waals surface area contributed by atoms with Crippen LogP contribution in [0.4, 0.5) is 0 Å². The summed E-state index contributed by atoms with van der Waals surface area (Å²) >= 11 is 11.8. The van der Waals surface area contributed by atoms with Crippen LogP contribution in [0.5, 0.6) is 0 Å². The fraction of sp³-hybridized carbons (Fsp3) is 0.214. The maximum Gasteiger partial charge on any atom is 0.254 e. The van der Waals surface area contributed by atoms with Crippen LogP contribution in [0.1, 0.15) is 16.1 Å². The van der Waals surface area contributed by atoms with Gasteiger partial charge in [0.15, 0.2) is 0 Å². The van der Waals surface area contributed by atoms with Crippen molar-refractivity contribution in [2.45, 2.75) is 13.1 Å². The quantitative estimate of drug-likeness (QED) is 0.791. The maximum absolute atomic E-state index is 12.4. The first-order valence-electron chi connectivity index (χ1n) is 6.03. The fourth-order valence-corrected chi connectivity index (χ4v) is 2.60. The van der Waals surface area contributed by atoms with Crippen molar-refractivity contribution in [3.63, 3.8) is 0 Å². The summed E-state index contributed by atoms with van der Waals surface area (Å²) in [6.07, 6.45) is 2.04. The number of halogens is 2. The number of amides is 1. The van der Waals surface area contributed by atoms with Crippen LogP contribution in [0, 0.1) is 0 Å². The van der Waals surface area contributed by atoms with E-state index in [1.54, 1.807) is 18.2 Å². The summed E-state index contributed by atoms with van der Waals surface area (Å²) < 4.78 is 2.17. The van der Waals surface area contributed by atoms with Gasteiger partial charge in [0, 0.05) is 30.5 Å². The van der Waals surface area contributed by atoms with Gasteiger partial charge in [-0.25, -0.2) is 0 Å². The molecule has 1 aliphatic heterocycles. The Bertz CT molecular complexity index is 636. The number of hydrogen-bond donors (Lipinski definition) is 0. The largest absolute Gasteiger partial charge is 0.348 e. The minimum absolute atomic E-state index is 0.00832. The molecule has 1 aliphatic rings. The SMILES string of the molecule is O=C(c1ccc(Cl)c(Cl)c1)N1CCn2cccc2C1. The van der Waals surface area contributed by atoms with Crippen LogP contribution < -0.4 is 0 Å². The highest BCUT2D eigenvalue weighted by atomic mass is 35.5. The van der Waals surface area contributed by atoms with Crippen LogP contribution in [-0.2, 0) is 13.1 Å². The Labute approximate surface area is 121 Å². The van der Waals surface area contributed by atoms with Crippen molar-refractivity contribution in [2.75, 3.05) is 6.54 Å². The highest BCUT2D eigenvalue weighted by Crippen LogP contribution is 2.24. The van der Waals surface area contributed by atoms with Crippen LogP contribution in [0.15, 0.2) is 36.5 Å². The molecule has 2 heterocycles. The molecule has 0 radical (unpaired) electrons. The number of aromatic nitrogens is 1. The zero-order valence-corrected chi connectivity index (χ0v) is 11.7. The van der Waals surface area contributed by atoms with E-state index in [0.29, 0.717) is 28.7 Å². The number of carbonyl (C=O) groups excluding carboxylic acids is 1. The molecule has 0 aliphatic carbocycles. The van der Waals surface area contributed by atoms with Crippen molar-refractivity contribution in [3.8, 4) is 0 Å². The summed E-state index contributed by atoms with van der Waals surface area (Å²) in [4.78, 5) is 14.2. The van der Waals surface area contributed by atoms with E-state index in [0.717, 1.165) is 12.2 Å². The van der Waals surface area contributed by atoms with Gasteiger partial charge in [-0.1, -0.05) is 23.2 Å². The molecule has 98 valence electrons. The maximum atomic E-state index is 12.4. The zero-order chi connectivity index (χ0) is 13.4. The number of rotatable bonds is 1. The smallest absolute Gasteiger partial charge is 0.254 e. The molecular formula is C14H12Cl2N2O. The second-order valence-electron chi connectivity index (χ2n) is 4.55. The molecule has 0 bridgehead atoms. The predicted octanol–water partition coefficient (Wildman–Crippen LogP) is 3.45. The zero-order valence-electron chi connectivity index (χ0n) is 10.1. The van der Waals surface area contributed by atoms with E-state index in [9.17, 15) is 4.79 Å². The molecule has 3 nitrogen and oxygen atoms in total. The lowest BCUT2D eigenvalue weighted by Gasteiger charge is -2.28. The molecule has 1 amide bonds. The molecule has 1 aromatic carbocycles. The highest BCUT2D eigenvalue weighted by molar-refractivity contribution is 6.42. The predicted molar refractivity (Wildman–Crippen MR) is 75.6 cm³/mol. The molecule has 2 aromatic rings. The number of hydrogen-bond acceptors (Lipinski definition) is 1. The van der Waals surface area contributed by atoms with Gasteiger partial charge in [0.05, 0.1) is 16.6 Å². The average Bonchev–Trinajstić information content (AvgIpc) is 2.88. The molecule has 0 atom stereocenters. The minimum Gasteiger partial charge on any atom is -0.348 e. The highest BCUT2D eigenvalue weighted by Gasteiger charge is 2.21. The Morgan fingerprint density at radius 1 is 1.11 bits per heavy atom. The molecule has 1 aromatic heterocycles. The molecule has 19 heavy (non-hydrogen) atoms. The summed E-state index contributed by atoms with van der Waals surface area (Å²) in [5.74, 6) is -0.00832. The van der Waals surface area contributed by atoms with Gasteiger partial charge in [0.1, 0.15) is 0 Å². The molecule has 0 N–H and O–H groups in total.